The molecule has 2 amide bonds. The third-order valence-corrected chi connectivity index (χ3v) is 4.40. The number of hydrogen-bond acceptors (Lipinski definition) is 3. The molecule has 0 aliphatic heterocycles. The van der Waals surface area contributed by atoms with Crippen molar-refractivity contribution in [2.75, 3.05) is 6.54 Å². The summed E-state index contributed by atoms with van der Waals surface area (Å²) in [6, 6.07) is 9.58. The number of urea groups is 1. The number of rotatable bonds is 5. The average Bonchev–Trinajstić information content (AvgIpc) is 3.07. The summed E-state index contributed by atoms with van der Waals surface area (Å²) in [6.07, 6.45) is 7.79. The molecule has 1 fully saturated rings. The number of aliphatic hydroxyl groups excluding tert-OH is 1. The van der Waals surface area contributed by atoms with Crippen LogP contribution in [0.5, 0.6) is 0 Å². The molecule has 0 spiro atoms. The molecule has 0 radical (unpaired) electrons. The second kappa shape index (κ2) is 7.97. The third kappa shape index (κ3) is 4.35. The maximum absolute atomic E-state index is 11.9. The summed E-state index contributed by atoms with van der Waals surface area (Å²) in [5.74, 6) is 0. The van der Waals surface area contributed by atoms with E-state index in [0.29, 0.717) is 13.0 Å². The van der Waals surface area contributed by atoms with Gasteiger partial charge >= 0.3 is 6.03 Å². The second-order valence-corrected chi connectivity index (χ2v) is 6.24. The Morgan fingerprint density at radius 1 is 1.25 bits per heavy atom. The van der Waals surface area contributed by atoms with Gasteiger partial charge in [0.05, 0.1) is 24.0 Å². The summed E-state index contributed by atoms with van der Waals surface area (Å²) in [4.78, 5) is 11.9. The Hall–Kier alpha value is -2.34. The summed E-state index contributed by atoms with van der Waals surface area (Å²) >= 11 is 0. The molecule has 2 atom stereocenters. The Kier molecular flexibility index (Phi) is 5.48. The fourth-order valence-electron chi connectivity index (χ4n) is 3.03. The predicted molar refractivity (Wildman–Crippen MR) is 92.1 cm³/mol. The number of nitrogens with zero attached hydrogens (tertiary/aromatic N) is 2. The summed E-state index contributed by atoms with van der Waals surface area (Å²) < 4.78 is 1.83. The highest BCUT2D eigenvalue weighted by Crippen LogP contribution is 2.18. The topological polar surface area (TPSA) is 79.2 Å². The number of hydrogen-bond donors (Lipinski definition) is 3. The van der Waals surface area contributed by atoms with Crippen LogP contribution in [0.15, 0.2) is 42.7 Å². The molecular formula is C18H24N4O2. The van der Waals surface area contributed by atoms with Crippen LogP contribution in [0.2, 0.25) is 0 Å². The normalized spacial score (nSPS) is 20.5. The Balaban J connectivity index is 1.43. The molecule has 1 aliphatic carbocycles. The van der Waals surface area contributed by atoms with Crippen LogP contribution in [0.25, 0.3) is 5.69 Å². The Morgan fingerprint density at radius 3 is 2.83 bits per heavy atom. The third-order valence-electron chi connectivity index (χ3n) is 4.40. The highest BCUT2D eigenvalue weighted by molar-refractivity contribution is 5.74. The smallest absolute Gasteiger partial charge is 0.315 e. The van der Waals surface area contributed by atoms with E-state index in [0.717, 1.165) is 36.9 Å². The SMILES string of the molecule is O=C(NCCc1cnn(-c2ccccc2)c1)NC1CCCCC1O. The van der Waals surface area contributed by atoms with Crippen molar-refractivity contribution >= 4 is 6.03 Å². The zero-order valence-electron chi connectivity index (χ0n) is 13.7. The van der Waals surface area contributed by atoms with Crippen LogP contribution in [-0.4, -0.2) is 39.6 Å². The van der Waals surface area contributed by atoms with Gasteiger partial charge in [0.25, 0.3) is 0 Å². The lowest BCUT2D eigenvalue weighted by Crippen LogP contribution is -2.49. The molecule has 24 heavy (non-hydrogen) atoms. The Morgan fingerprint density at radius 2 is 2.04 bits per heavy atom. The van der Waals surface area contributed by atoms with Gasteiger partial charge in [-0.2, -0.15) is 5.10 Å². The van der Waals surface area contributed by atoms with Crippen molar-refractivity contribution in [1.82, 2.24) is 20.4 Å². The molecule has 1 saturated carbocycles. The summed E-state index contributed by atoms with van der Waals surface area (Å²) in [6.45, 7) is 0.537. The lowest BCUT2D eigenvalue weighted by molar-refractivity contribution is 0.0943. The van der Waals surface area contributed by atoms with Gasteiger partial charge in [0.15, 0.2) is 0 Å². The number of carbonyl (C=O) groups is 1. The first-order valence-corrected chi connectivity index (χ1v) is 8.54. The second-order valence-electron chi connectivity index (χ2n) is 6.24. The van der Waals surface area contributed by atoms with Gasteiger partial charge in [-0.3, -0.25) is 0 Å². The molecule has 2 aromatic rings. The van der Waals surface area contributed by atoms with Crippen LogP contribution in [0.4, 0.5) is 4.79 Å². The minimum absolute atomic E-state index is 0.125. The van der Waals surface area contributed by atoms with Crippen molar-refractivity contribution in [1.29, 1.82) is 0 Å². The van der Waals surface area contributed by atoms with Crippen LogP contribution < -0.4 is 10.6 Å². The van der Waals surface area contributed by atoms with Crippen molar-refractivity contribution in [3.8, 4) is 5.69 Å². The minimum Gasteiger partial charge on any atom is -0.391 e. The molecule has 1 aliphatic rings. The lowest BCUT2D eigenvalue weighted by Gasteiger charge is -2.28. The van der Waals surface area contributed by atoms with Crippen molar-refractivity contribution in [3.63, 3.8) is 0 Å². The standard InChI is InChI=1S/C18H24N4O2/c23-17-9-5-4-8-16(17)21-18(24)19-11-10-14-12-20-22(13-14)15-6-2-1-3-7-15/h1-3,6-7,12-13,16-17,23H,4-5,8-11H2,(H2,19,21,24). The molecule has 3 rings (SSSR count). The molecule has 6 heteroatoms. The molecule has 6 nitrogen and oxygen atoms in total. The first-order chi connectivity index (χ1) is 11.7. The number of nitrogens with one attached hydrogen (secondary N) is 2. The number of benzene rings is 1. The van der Waals surface area contributed by atoms with Crippen molar-refractivity contribution in [2.45, 2.75) is 44.2 Å². The minimum atomic E-state index is -0.423. The van der Waals surface area contributed by atoms with Crippen molar-refractivity contribution < 1.29 is 9.90 Å². The van der Waals surface area contributed by atoms with Gasteiger partial charge in [-0.1, -0.05) is 31.0 Å². The largest absolute Gasteiger partial charge is 0.391 e. The van der Waals surface area contributed by atoms with E-state index in [1.54, 1.807) is 0 Å². The van der Waals surface area contributed by atoms with Crippen LogP contribution in [0.1, 0.15) is 31.2 Å². The molecule has 2 unspecified atom stereocenters. The van der Waals surface area contributed by atoms with Gasteiger partial charge in [-0.15, -0.1) is 0 Å². The predicted octanol–water partition coefficient (Wildman–Crippen LogP) is 2.02. The molecule has 0 bridgehead atoms. The number of aromatic nitrogens is 2. The van der Waals surface area contributed by atoms with Gasteiger partial charge in [-0.25, -0.2) is 9.48 Å². The van der Waals surface area contributed by atoms with Crippen LogP contribution in [-0.2, 0) is 6.42 Å². The first kappa shape index (κ1) is 16.5. The number of amides is 2. The van der Waals surface area contributed by atoms with E-state index in [9.17, 15) is 9.90 Å². The van der Waals surface area contributed by atoms with E-state index in [4.69, 9.17) is 0 Å². The molecule has 0 saturated heterocycles. The zero-order valence-corrected chi connectivity index (χ0v) is 13.7. The number of carbonyl (C=O) groups excluding carboxylic acids is 1. The molecule has 3 N–H and O–H groups in total. The van der Waals surface area contributed by atoms with E-state index >= 15 is 0 Å². The van der Waals surface area contributed by atoms with Gasteiger partial charge in [0.1, 0.15) is 0 Å². The van der Waals surface area contributed by atoms with Gasteiger partial charge in [0, 0.05) is 12.7 Å². The first-order valence-electron chi connectivity index (χ1n) is 8.54. The van der Waals surface area contributed by atoms with E-state index < -0.39 is 6.10 Å². The zero-order chi connectivity index (χ0) is 16.8. The molecule has 1 heterocycles. The summed E-state index contributed by atoms with van der Waals surface area (Å²) in [7, 11) is 0. The molecular weight excluding hydrogens is 304 g/mol. The number of para-hydroxylation sites is 1. The van der Waals surface area contributed by atoms with Crippen molar-refractivity contribution in [3.05, 3.63) is 48.3 Å². The van der Waals surface area contributed by atoms with Gasteiger partial charge in [0.2, 0.25) is 0 Å². The molecule has 1 aromatic carbocycles. The number of aliphatic hydroxyl groups is 1. The average molecular weight is 328 g/mol. The van der Waals surface area contributed by atoms with E-state index in [2.05, 4.69) is 15.7 Å². The van der Waals surface area contributed by atoms with Gasteiger partial charge < -0.3 is 15.7 Å². The van der Waals surface area contributed by atoms with Crippen LogP contribution in [0, 0.1) is 0 Å². The van der Waals surface area contributed by atoms with Crippen LogP contribution in [0.3, 0.4) is 0 Å². The van der Waals surface area contributed by atoms with E-state index in [1.807, 2.05) is 47.4 Å². The fraction of sp³-hybridized carbons (Fsp3) is 0.444. The fourth-order valence-corrected chi connectivity index (χ4v) is 3.03. The maximum Gasteiger partial charge on any atom is 0.315 e. The Bertz CT molecular complexity index is 656. The maximum atomic E-state index is 11.9. The summed E-state index contributed by atoms with van der Waals surface area (Å²) in [5.41, 5.74) is 2.08. The van der Waals surface area contributed by atoms with Crippen molar-refractivity contribution in [2.24, 2.45) is 0 Å². The molecule has 128 valence electrons. The van der Waals surface area contributed by atoms with Gasteiger partial charge in [-0.05, 0) is 37.0 Å². The quantitative estimate of drug-likeness (QED) is 0.785. The lowest BCUT2D eigenvalue weighted by atomic mass is 9.93. The monoisotopic (exact) mass is 328 g/mol. The highest BCUT2D eigenvalue weighted by Gasteiger charge is 2.24. The Labute approximate surface area is 141 Å². The van der Waals surface area contributed by atoms with Crippen LogP contribution >= 0.6 is 0 Å². The summed E-state index contributed by atoms with van der Waals surface area (Å²) in [5, 5.41) is 19.9. The van der Waals surface area contributed by atoms with E-state index in [-0.39, 0.29) is 12.1 Å². The molecule has 1 aromatic heterocycles. The van der Waals surface area contributed by atoms with E-state index in [1.165, 1.54) is 0 Å². The highest BCUT2D eigenvalue weighted by atomic mass is 16.3.